The van der Waals surface area contributed by atoms with Crippen molar-refractivity contribution in [2.24, 2.45) is 0 Å². The standard InChI is InChI=1S/C26H18N2O3S2/c1-31-21-13-12-17(16-24-25(29)27-26(30)33-24)15-18(21)7-6-14-28-19-8-2-4-10-22(19)32-23-11-5-3-9-20(23)28/h2-5,8-13,15-16H,14H2,1H3,(H,27,29,30)/b24-16-. The van der Waals surface area contributed by atoms with Crippen LogP contribution in [0.5, 0.6) is 5.75 Å². The third-order valence-electron chi connectivity index (χ3n) is 5.16. The van der Waals surface area contributed by atoms with Crippen molar-refractivity contribution >= 4 is 52.1 Å². The summed E-state index contributed by atoms with van der Waals surface area (Å²) in [6.07, 6.45) is 1.68. The molecule has 3 aromatic carbocycles. The highest BCUT2D eigenvalue weighted by Gasteiger charge is 2.25. The molecule has 162 valence electrons. The maximum absolute atomic E-state index is 11.9. The summed E-state index contributed by atoms with van der Waals surface area (Å²) in [6.45, 7) is 0.510. The third-order valence-corrected chi connectivity index (χ3v) is 7.10. The largest absolute Gasteiger partial charge is 0.495 e. The molecule has 0 saturated carbocycles. The van der Waals surface area contributed by atoms with Gasteiger partial charge in [-0.05, 0) is 59.8 Å². The van der Waals surface area contributed by atoms with Gasteiger partial charge in [0.1, 0.15) is 5.75 Å². The lowest BCUT2D eigenvalue weighted by atomic mass is 10.1. The van der Waals surface area contributed by atoms with Crippen LogP contribution >= 0.6 is 23.5 Å². The molecular weight excluding hydrogens is 452 g/mol. The van der Waals surface area contributed by atoms with Crippen LogP contribution in [0.4, 0.5) is 16.2 Å². The Hall–Kier alpha value is -3.60. The summed E-state index contributed by atoms with van der Waals surface area (Å²) < 4.78 is 5.48. The number of carbonyl (C=O) groups is 2. The molecule has 1 saturated heterocycles. The van der Waals surface area contributed by atoms with Crippen LogP contribution in [0.3, 0.4) is 0 Å². The number of rotatable bonds is 3. The normalized spacial score (nSPS) is 15.4. The molecule has 5 rings (SSSR count). The minimum absolute atomic E-state index is 0.361. The van der Waals surface area contributed by atoms with Gasteiger partial charge in [0.2, 0.25) is 0 Å². The average molecular weight is 471 g/mol. The lowest BCUT2D eigenvalue weighted by Gasteiger charge is -2.31. The van der Waals surface area contributed by atoms with Gasteiger partial charge in [-0.15, -0.1) is 0 Å². The number of anilines is 2. The highest BCUT2D eigenvalue weighted by molar-refractivity contribution is 8.18. The SMILES string of the molecule is COc1ccc(/C=C2\SC(=O)NC2=O)cc1C#CCN1c2ccccc2Sc2ccccc21. The van der Waals surface area contributed by atoms with Crippen LogP contribution in [0, 0.1) is 11.8 Å². The lowest BCUT2D eigenvalue weighted by Crippen LogP contribution is -2.20. The van der Waals surface area contributed by atoms with E-state index in [9.17, 15) is 9.59 Å². The van der Waals surface area contributed by atoms with Gasteiger partial charge in [-0.3, -0.25) is 14.9 Å². The fourth-order valence-corrected chi connectivity index (χ4v) is 5.43. The van der Waals surface area contributed by atoms with E-state index in [1.807, 2.05) is 42.5 Å². The topological polar surface area (TPSA) is 58.6 Å². The number of fused-ring (bicyclic) bond motifs is 2. The van der Waals surface area contributed by atoms with E-state index in [1.165, 1.54) is 9.79 Å². The number of methoxy groups -OCH3 is 1. The monoisotopic (exact) mass is 470 g/mol. The molecule has 0 bridgehead atoms. The Bertz CT molecular complexity index is 1330. The highest BCUT2D eigenvalue weighted by Crippen LogP contribution is 2.47. The maximum atomic E-state index is 11.9. The molecule has 5 nitrogen and oxygen atoms in total. The summed E-state index contributed by atoms with van der Waals surface area (Å²) in [4.78, 5) is 28.3. The van der Waals surface area contributed by atoms with E-state index >= 15 is 0 Å². The number of ether oxygens (including phenoxy) is 1. The summed E-state index contributed by atoms with van der Waals surface area (Å²) in [7, 11) is 1.60. The Labute approximate surface area is 200 Å². The molecule has 0 aliphatic carbocycles. The molecule has 2 aliphatic heterocycles. The zero-order chi connectivity index (χ0) is 22.8. The quantitative estimate of drug-likeness (QED) is 0.393. The number of hydrogen-bond donors (Lipinski definition) is 1. The zero-order valence-corrected chi connectivity index (χ0v) is 19.3. The van der Waals surface area contributed by atoms with Crippen molar-refractivity contribution in [1.29, 1.82) is 0 Å². The molecule has 3 aromatic rings. The zero-order valence-electron chi connectivity index (χ0n) is 17.6. The molecule has 2 heterocycles. The fourth-order valence-electron chi connectivity index (χ4n) is 3.65. The average Bonchev–Trinajstić information content (AvgIpc) is 3.15. The molecule has 0 radical (unpaired) electrons. The van der Waals surface area contributed by atoms with Gasteiger partial charge >= 0.3 is 0 Å². The second-order valence-corrected chi connectivity index (χ2v) is 9.34. The first kappa shape index (κ1) is 21.3. The summed E-state index contributed by atoms with van der Waals surface area (Å²) >= 11 is 2.66. The Morgan fingerprint density at radius 1 is 0.970 bits per heavy atom. The molecule has 2 aliphatic rings. The molecule has 1 N–H and O–H groups in total. The van der Waals surface area contributed by atoms with E-state index < -0.39 is 0 Å². The smallest absolute Gasteiger partial charge is 0.290 e. The van der Waals surface area contributed by atoms with Gasteiger partial charge in [0.05, 0.1) is 35.5 Å². The van der Waals surface area contributed by atoms with E-state index in [1.54, 1.807) is 24.9 Å². The van der Waals surface area contributed by atoms with Gasteiger partial charge in [0.15, 0.2) is 0 Å². The number of thioether (sulfide) groups is 1. The van der Waals surface area contributed by atoms with Crippen molar-refractivity contribution in [3.8, 4) is 17.6 Å². The van der Waals surface area contributed by atoms with E-state index in [4.69, 9.17) is 4.74 Å². The number of nitrogens with one attached hydrogen (secondary N) is 1. The summed E-state index contributed by atoms with van der Waals surface area (Å²) in [5, 5.41) is 1.91. The van der Waals surface area contributed by atoms with E-state index in [0.29, 0.717) is 17.2 Å². The summed E-state index contributed by atoms with van der Waals surface area (Å²) in [5.74, 6) is 6.79. The highest BCUT2D eigenvalue weighted by atomic mass is 32.2. The van der Waals surface area contributed by atoms with Crippen LogP contribution < -0.4 is 15.0 Å². The van der Waals surface area contributed by atoms with Crippen LogP contribution in [0.25, 0.3) is 6.08 Å². The fraction of sp³-hybridized carbons (Fsp3) is 0.0769. The van der Waals surface area contributed by atoms with Crippen molar-refractivity contribution < 1.29 is 14.3 Å². The van der Waals surface area contributed by atoms with Gasteiger partial charge in [-0.25, -0.2) is 0 Å². The molecule has 33 heavy (non-hydrogen) atoms. The van der Waals surface area contributed by atoms with Gasteiger partial charge in [-0.1, -0.05) is 53.9 Å². The Kier molecular flexibility index (Phi) is 5.86. The van der Waals surface area contributed by atoms with Crippen molar-refractivity contribution in [1.82, 2.24) is 5.32 Å². The van der Waals surface area contributed by atoms with Crippen LogP contribution in [0.1, 0.15) is 11.1 Å². The molecule has 2 amide bonds. The second-order valence-electron chi connectivity index (χ2n) is 7.24. The van der Waals surface area contributed by atoms with Crippen molar-refractivity contribution in [2.75, 3.05) is 18.6 Å². The maximum Gasteiger partial charge on any atom is 0.290 e. The number of amides is 2. The molecule has 0 aromatic heterocycles. The minimum atomic E-state index is -0.381. The number of imide groups is 1. The minimum Gasteiger partial charge on any atom is -0.495 e. The van der Waals surface area contributed by atoms with Gasteiger partial charge in [-0.2, -0.15) is 0 Å². The molecule has 7 heteroatoms. The third kappa shape index (κ3) is 4.36. The van der Waals surface area contributed by atoms with E-state index in [-0.39, 0.29) is 11.1 Å². The van der Waals surface area contributed by atoms with Crippen LogP contribution in [0.15, 0.2) is 81.4 Å². The number of carbonyl (C=O) groups excluding carboxylic acids is 2. The summed E-state index contributed by atoms with van der Waals surface area (Å²) in [5.41, 5.74) is 3.76. The first-order valence-corrected chi connectivity index (χ1v) is 11.8. The van der Waals surface area contributed by atoms with Crippen molar-refractivity contribution in [3.05, 3.63) is 82.8 Å². The van der Waals surface area contributed by atoms with Crippen LogP contribution in [0.2, 0.25) is 0 Å². The number of hydrogen-bond acceptors (Lipinski definition) is 6. The predicted octanol–water partition coefficient (Wildman–Crippen LogP) is 5.67. The molecular formula is C26H18N2O3S2. The number of nitrogens with zero attached hydrogens (tertiary/aromatic N) is 1. The van der Waals surface area contributed by atoms with Gasteiger partial charge in [0.25, 0.3) is 11.1 Å². The lowest BCUT2D eigenvalue weighted by molar-refractivity contribution is -0.115. The molecule has 0 atom stereocenters. The first-order chi connectivity index (χ1) is 16.1. The second kappa shape index (κ2) is 9.10. The van der Waals surface area contributed by atoms with Crippen molar-refractivity contribution in [3.63, 3.8) is 0 Å². The first-order valence-electron chi connectivity index (χ1n) is 10.2. The number of benzene rings is 3. The predicted molar refractivity (Wildman–Crippen MR) is 133 cm³/mol. The molecule has 0 spiro atoms. The van der Waals surface area contributed by atoms with Crippen molar-refractivity contribution in [2.45, 2.75) is 9.79 Å². The Morgan fingerprint density at radius 2 is 1.67 bits per heavy atom. The van der Waals surface area contributed by atoms with E-state index in [0.717, 1.165) is 34.3 Å². The Morgan fingerprint density at radius 3 is 2.30 bits per heavy atom. The molecule has 1 fully saturated rings. The van der Waals surface area contributed by atoms with Crippen LogP contribution in [-0.2, 0) is 4.79 Å². The van der Waals surface area contributed by atoms with E-state index in [2.05, 4.69) is 46.3 Å². The van der Waals surface area contributed by atoms with Crippen LogP contribution in [-0.4, -0.2) is 24.8 Å². The summed E-state index contributed by atoms with van der Waals surface area (Å²) in [6, 6.07) is 22.2. The van der Waals surface area contributed by atoms with Gasteiger partial charge < -0.3 is 9.64 Å². The Balaban J connectivity index is 1.46. The molecule has 0 unspecified atom stereocenters. The number of para-hydroxylation sites is 2. The van der Waals surface area contributed by atoms with Gasteiger partial charge in [0, 0.05) is 9.79 Å².